The monoisotopic (exact) mass is 365 g/mol. The Morgan fingerprint density at radius 3 is 2.71 bits per heavy atom. The molecule has 1 aromatic rings. The number of aromatic nitrogens is 1. The van der Waals surface area contributed by atoms with Crippen LogP contribution in [-0.4, -0.2) is 24.4 Å². The first kappa shape index (κ1) is 11.3. The molecule has 5 heteroatoms. The molecule has 0 amide bonds. The van der Waals surface area contributed by atoms with Gasteiger partial charge in [0.05, 0.1) is 0 Å². The van der Waals surface area contributed by atoms with Crippen molar-refractivity contribution in [1.29, 1.82) is 0 Å². The summed E-state index contributed by atoms with van der Waals surface area (Å²) in [6.45, 7) is 2.06. The Balaban J connectivity index is 0.000000980. The van der Waals surface area contributed by atoms with E-state index in [1.54, 1.807) is 0 Å². The molecule has 1 aliphatic heterocycles. The summed E-state index contributed by atoms with van der Waals surface area (Å²) in [6.07, 6.45) is 5.80. The molecule has 0 atom stereocenters. The van der Waals surface area contributed by atoms with Crippen LogP contribution in [0.3, 0.4) is 0 Å². The van der Waals surface area contributed by atoms with E-state index in [0.29, 0.717) is 0 Å². The topological polar surface area (TPSA) is 19.4 Å². The summed E-state index contributed by atoms with van der Waals surface area (Å²) in [4.78, 5) is 8.31. The van der Waals surface area contributed by atoms with Crippen LogP contribution in [0.25, 0.3) is 0 Å². The minimum absolute atomic E-state index is 0. The van der Waals surface area contributed by atoms with Crippen molar-refractivity contribution in [3.05, 3.63) is 36.3 Å². The zero-order valence-corrected chi connectivity index (χ0v) is 10.5. The average Bonchev–Trinajstić information content (AvgIpc) is 2.53. The Labute approximate surface area is 98.4 Å². The molecule has 2 heterocycles. The summed E-state index contributed by atoms with van der Waals surface area (Å²) >= 11 is 0. The van der Waals surface area contributed by atoms with Crippen molar-refractivity contribution in [3.8, 4) is 0 Å². The first-order chi connectivity index (χ1) is 6.27. The Bertz CT molecular complexity index is 343. The van der Waals surface area contributed by atoms with E-state index in [1.807, 2.05) is 48.9 Å². The van der Waals surface area contributed by atoms with Gasteiger partial charge in [0.2, 0.25) is 0 Å². The maximum absolute atomic E-state index is 4.31. The summed E-state index contributed by atoms with van der Waals surface area (Å²) in [5, 5.41) is 0. The molecular weight excluding hydrogens is 353 g/mol. The molecule has 0 aromatic carbocycles. The van der Waals surface area contributed by atoms with E-state index in [-0.39, 0.29) is 20.1 Å². The Hall–Kier alpha value is -0.796. The molecule has 0 fully saturated rings. The number of nitrogens with zero attached hydrogens (tertiary/aromatic N) is 3. The van der Waals surface area contributed by atoms with Gasteiger partial charge in [-0.1, -0.05) is 6.07 Å². The van der Waals surface area contributed by atoms with Crippen molar-refractivity contribution >= 4 is 13.4 Å². The van der Waals surface area contributed by atoms with Gasteiger partial charge in [-0.25, -0.2) is 4.98 Å². The Morgan fingerprint density at radius 2 is 2.14 bits per heavy atom. The van der Waals surface area contributed by atoms with Crippen molar-refractivity contribution in [2.45, 2.75) is 6.92 Å². The van der Waals surface area contributed by atoms with Crippen molar-refractivity contribution in [2.75, 3.05) is 11.9 Å². The molecule has 0 saturated heterocycles. The largest absolute Gasteiger partial charge is 0.406 e. The summed E-state index contributed by atoms with van der Waals surface area (Å²) in [5.74, 6) is 0.989. The first-order valence-corrected chi connectivity index (χ1v) is 4.22. The van der Waals surface area contributed by atoms with Gasteiger partial charge in [-0.15, -0.1) is 0 Å². The summed E-state index contributed by atoms with van der Waals surface area (Å²) in [7, 11) is 3.99. The quantitative estimate of drug-likeness (QED) is 0.697. The summed E-state index contributed by atoms with van der Waals surface area (Å²) in [5.41, 5.74) is 1.18. The van der Waals surface area contributed by atoms with Crippen molar-refractivity contribution in [2.24, 2.45) is 0 Å². The van der Waals surface area contributed by atoms with Crippen LogP contribution in [0.15, 0.2) is 30.7 Å². The van der Waals surface area contributed by atoms with Gasteiger partial charge in [0.15, 0.2) is 0 Å². The molecule has 1 aromatic heterocycles. The van der Waals surface area contributed by atoms with Crippen LogP contribution >= 0.6 is 0 Å². The summed E-state index contributed by atoms with van der Waals surface area (Å²) in [6, 6.07) is 4.00. The smallest absolute Gasteiger partial charge is 0.396 e. The van der Waals surface area contributed by atoms with E-state index in [9.17, 15) is 0 Å². The van der Waals surface area contributed by atoms with E-state index in [0.717, 1.165) is 5.82 Å². The molecule has 2 rings (SSSR count). The first-order valence-electron chi connectivity index (χ1n) is 4.22. The predicted molar refractivity (Wildman–Crippen MR) is 54.1 cm³/mol. The fourth-order valence-electron chi connectivity index (χ4n) is 1.32. The van der Waals surface area contributed by atoms with Crippen LogP contribution in [0.1, 0.15) is 5.56 Å². The van der Waals surface area contributed by atoms with Gasteiger partial charge < -0.3 is 9.62 Å². The molecule has 2 radical (unpaired) electrons. The molecule has 0 saturated carbocycles. The molecule has 14 heavy (non-hydrogen) atoms. The molecule has 74 valence electrons. The molecule has 0 N–H and O–H groups in total. The average molecular weight is 364 g/mol. The second-order valence-electron chi connectivity index (χ2n) is 3.13. The molecule has 3 nitrogen and oxygen atoms in total. The van der Waals surface area contributed by atoms with Gasteiger partial charge in [-0.3, -0.25) is 0 Å². The molecule has 0 aliphatic carbocycles. The second-order valence-corrected chi connectivity index (χ2v) is 3.13. The predicted octanol–water partition coefficient (Wildman–Crippen LogP) is 1.14. The minimum Gasteiger partial charge on any atom is -0.406 e. The minimum atomic E-state index is 0. The van der Waals surface area contributed by atoms with Crippen LogP contribution in [0.4, 0.5) is 5.82 Å². The molecule has 0 unspecified atom stereocenters. The van der Waals surface area contributed by atoms with E-state index in [4.69, 9.17) is 0 Å². The van der Waals surface area contributed by atoms with E-state index in [1.165, 1.54) is 5.56 Å². The van der Waals surface area contributed by atoms with Crippen LogP contribution in [0.5, 0.6) is 0 Å². The molecule has 1 aliphatic rings. The number of rotatable bonds is 1. The molecule has 0 spiro atoms. The zero-order valence-electron chi connectivity index (χ0n) is 8.14. The van der Waals surface area contributed by atoms with Crippen molar-refractivity contribution in [1.82, 2.24) is 9.79 Å². The Morgan fingerprint density at radius 1 is 1.36 bits per heavy atom. The van der Waals surface area contributed by atoms with Gasteiger partial charge in [-0.05, 0) is 25.6 Å². The Kier molecular flexibility index (Phi) is 3.72. The van der Waals surface area contributed by atoms with Gasteiger partial charge in [0.1, 0.15) is 5.82 Å². The van der Waals surface area contributed by atoms with E-state index < -0.39 is 0 Å². The SMILES string of the molecule is Cc1cccnc1N1[B]N(C)C=C1.[Ir]. The number of aryl methyl sites for hydroxylation is 1. The zero-order chi connectivity index (χ0) is 9.26. The van der Waals surface area contributed by atoms with E-state index in [2.05, 4.69) is 18.0 Å². The van der Waals surface area contributed by atoms with Gasteiger partial charge in [0.25, 0.3) is 0 Å². The van der Waals surface area contributed by atoms with Crippen molar-refractivity contribution < 1.29 is 20.1 Å². The maximum Gasteiger partial charge on any atom is 0.396 e. The molecule has 0 bridgehead atoms. The van der Waals surface area contributed by atoms with Gasteiger partial charge in [0, 0.05) is 38.7 Å². The fraction of sp³-hybridized carbons (Fsp3) is 0.222. The number of pyridine rings is 1. The van der Waals surface area contributed by atoms with Crippen molar-refractivity contribution in [3.63, 3.8) is 0 Å². The molecular formula is C9H11BIrN3. The van der Waals surface area contributed by atoms with Crippen LogP contribution in [0, 0.1) is 6.92 Å². The number of hydrogen-bond acceptors (Lipinski definition) is 3. The van der Waals surface area contributed by atoms with Gasteiger partial charge >= 0.3 is 7.55 Å². The van der Waals surface area contributed by atoms with Crippen LogP contribution < -0.4 is 4.81 Å². The summed E-state index contributed by atoms with van der Waals surface area (Å²) < 4.78 is 0. The van der Waals surface area contributed by atoms with Gasteiger partial charge in [-0.2, -0.15) is 0 Å². The number of anilines is 1. The maximum atomic E-state index is 4.31. The number of hydrogen-bond donors (Lipinski definition) is 0. The normalized spacial score (nSPS) is 13.9. The van der Waals surface area contributed by atoms with Crippen LogP contribution in [0.2, 0.25) is 0 Å². The van der Waals surface area contributed by atoms with E-state index >= 15 is 0 Å². The third-order valence-electron chi connectivity index (χ3n) is 2.00. The third-order valence-corrected chi connectivity index (χ3v) is 2.00. The van der Waals surface area contributed by atoms with Crippen LogP contribution in [-0.2, 0) is 20.1 Å². The standard InChI is InChI=1S/C9H11BN3.Ir/c1-8-4-3-5-11-9(8)13-7-6-12(2)10-13;/h3-7H,1-2H3;. The second kappa shape index (κ2) is 4.62. The fourth-order valence-corrected chi connectivity index (χ4v) is 1.32. The third kappa shape index (κ3) is 2.17.